The van der Waals surface area contributed by atoms with Crippen molar-refractivity contribution in [1.29, 1.82) is 0 Å². The van der Waals surface area contributed by atoms with Crippen LogP contribution in [0.2, 0.25) is 0 Å². The molecule has 1 aliphatic rings. The summed E-state index contributed by atoms with van der Waals surface area (Å²) in [5.74, 6) is -0.140. The Kier molecular flexibility index (Phi) is 3.58. The van der Waals surface area contributed by atoms with Crippen LogP contribution in [0.5, 0.6) is 0 Å². The van der Waals surface area contributed by atoms with E-state index in [9.17, 15) is 4.79 Å². The molecule has 0 bridgehead atoms. The Balaban J connectivity index is 1.81. The van der Waals surface area contributed by atoms with E-state index in [1.54, 1.807) is 6.08 Å². The SMILES string of the molecule is O=C1/C(=C/c2ccc[nH]2)SC(=S)N1Nc1ccccc1. The van der Waals surface area contributed by atoms with Gasteiger partial charge in [0.2, 0.25) is 0 Å². The van der Waals surface area contributed by atoms with Crippen molar-refractivity contribution in [1.82, 2.24) is 9.99 Å². The molecule has 3 rings (SSSR count). The van der Waals surface area contributed by atoms with E-state index in [0.29, 0.717) is 9.23 Å². The molecular weight excluding hydrogens is 290 g/mol. The molecule has 1 aliphatic heterocycles. The molecule has 1 saturated heterocycles. The number of H-pyrrole nitrogens is 1. The predicted molar refractivity (Wildman–Crippen MR) is 85.9 cm³/mol. The average molecular weight is 301 g/mol. The number of carbonyl (C=O) groups excluding carboxylic acids is 1. The second-order valence-electron chi connectivity index (χ2n) is 4.12. The molecular formula is C14H11N3OS2. The number of aromatic nitrogens is 1. The van der Waals surface area contributed by atoms with Crippen molar-refractivity contribution in [2.45, 2.75) is 0 Å². The lowest BCUT2D eigenvalue weighted by atomic mass is 10.3. The number of rotatable bonds is 3. The number of hydrogen-bond donors (Lipinski definition) is 2. The maximum atomic E-state index is 12.3. The van der Waals surface area contributed by atoms with Gasteiger partial charge in [0.05, 0.1) is 10.6 Å². The van der Waals surface area contributed by atoms with Gasteiger partial charge in [-0.2, -0.15) is 0 Å². The van der Waals surface area contributed by atoms with Crippen LogP contribution in [0.15, 0.2) is 53.6 Å². The molecule has 100 valence electrons. The van der Waals surface area contributed by atoms with E-state index in [0.717, 1.165) is 11.4 Å². The van der Waals surface area contributed by atoms with Crippen LogP contribution < -0.4 is 5.43 Å². The van der Waals surface area contributed by atoms with Crippen LogP contribution in [-0.2, 0) is 4.79 Å². The number of hydrogen-bond acceptors (Lipinski definition) is 4. The first-order valence-electron chi connectivity index (χ1n) is 5.97. The molecule has 0 unspecified atom stereocenters. The number of aromatic amines is 1. The number of carbonyl (C=O) groups is 1. The summed E-state index contributed by atoms with van der Waals surface area (Å²) >= 11 is 6.53. The van der Waals surface area contributed by atoms with E-state index in [1.165, 1.54) is 16.8 Å². The normalized spacial score (nSPS) is 17.0. The summed E-state index contributed by atoms with van der Waals surface area (Å²) in [5, 5.41) is 1.39. The molecule has 0 aliphatic carbocycles. The third-order valence-corrected chi connectivity index (χ3v) is 4.02. The van der Waals surface area contributed by atoms with Gasteiger partial charge in [0, 0.05) is 11.9 Å². The Labute approximate surface area is 125 Å². The van der Waals surface area contributed by atoms with E-state index in [2.05, 4.69) is 10.4 Å². The standard InChI is InChI=1S/C14H11N3OS2/c18-13-12(9-11-7-4-8-15-11)20-14(19)17(13)16-10-5-2-1-3-6-10/h1-9,15-16H/b12-9-. The van der Waals surface area contributed by atoms with Crippen LogP contribution in [0, 0.1) is 0 Å². The number of hydrazine groups is 1. The maximum Gasteiger partial charge on any atom is 0.285 e. The lowest BCUT2D eigenvalue weighted by Gasteiger charge is -2.16. The van der Waals surface area contributed by atoms with E-state index in [4.69, 9.17) is 12.2 Å². The van der Waals surface area contributed by atoms with Gasteiger partial charge in [0.25, 0.3) is 5.91 Å². The number of nitrogens with zero attached hydrogens (tertiary/aromatic N) is 1. The fraction of sp³-hybridized carbons (Fsp3) is 0. The van der Waals surface area contributed by atoms with Crippen molar-refractivity contribution < 1.29 is 4.79 Å². The minimum atomic E-state index is -0.140. The van der Waals surface area contributed by atoms with Gasteiger partial charge in [-0.15, -0.1) is 0 Å². The van der Waals surface area contributed by atoms with Crippen LogP contribution in [0.4, 0.5) is 5.69 Å². The number of anilines is 1. The average Bonchev–Trinajstić information content (AvgIpc) is 3.05. The van der Waals surface area contributed by atoms with Crippen molar-refractivity contribution in [3.63, 3.8) is 0 Å². The van der Waals surface area contributed by atoms with E-state index < -0.39 is 0 Å². The predicted octanol–water partition coefficient (Wildman–Crippen LogP) is 3.24. The Hall–Kier alpha value is -2.05. The Morgan fingerprint density at radius 2 is 2.00 bits per heavy atom. The Morgan fingerprint density at radius 3 is 2.70 bits per heavy atom. The lowest BCUT2D eigenvalue weighted by Crippen LogP contribution is -2.33. The highest BCUT2D eigenvalue weighted by Crippen LogP contribution is 2.32. The van der Waals surface area contributed by atoms with Crippen molar-refractivity contribution in [3.05, 3.63) is 59.3 Å². The minimum Gasteiger partial charge on any atom is -0.362 e. The molecule has 0 radical (unpaired) electrons. The van der Waals surface area contributed by atoms with Crippen molar-refractivity contribution in [2.24, 2.45) is 0 Å². The highest BCUT2D eigenvalue weighted by atomic mass is 32.2. The summed E-state index contributed by atoms with van der Waals surface area (Å²) in [6, 6.07) is 13.3. The fourth-order valence-electron chi connectivity index (χ4n) is 1.78. The van der Waals surface area contributed by atoms with E-state index in [-0.39, 0.29) is 5.91 Å². The second kappa shape index (κ2) is 5.52. The number of thiocarbonyl (C=S) groups is 1. The van der Waals surface area contributed by atoms with Gasteiger partial charge in [0.1, 0.15) is 0 Å². The quantitative estimate of drug-likeness (QED) is 0.675. The largest absolute Gasteiger partial charge is 0.362 e. The Morgan fingerprint density at radius 1 is 1.20 bits per heavy atom. The number of thioether (sulfide) groups is 1. The first-order valence-corrected chi connectivity index (χ1v) is 7.19. The van der Waals surface area contributed by atoms with Gasteiger partial charge in [-0.25, -0.2) is 5.01 Å². The highest BCUT2D eigenvalue weighted by molar-refractivity contribution is 8.26. The molecule has 6 heteroatoms. The zero-order valence-electron chi connectivity index (χ0n) is 10.4. The van der Waals surface area contributed by atoms with Gasteiger partial charge in [0.15, 0.2) is 4.32 Å². The molecule has 1 fully saturated rings. The highest BCUT2D eigenvalue weighted by Gasteiger charge is 2.32. The topological polar surface area (TPSA) is 48.1 Å². The number of para-hydroxylation sites is 1. The molecule has 1 aromatic heterocycles. The lowest BCUT2D eigenvalue weighted by molar-refractivity contribution is -0.121. The van der Waals surface area contributed by atoms with Crippen LogP contribution in [0.3, 0.4) is 0 Å². The third-order valence-electron chi connectivity index (χ3n) is 2.72. The number of nitrogens with one attached hydrogen (secondary N) is 2. The molecule has 2 heterocycles. The van der Waals surface area contributed by atoms with Gasteiger partial charge in [-0.1, -0.05) is 30.0 Å². The zero-order chi connectivity index (χ0) is 13.9. The molecule has 0 spiro atoms. The summed E-state index contributed by atoms with van der Waals surface area (Å²) < 4.78 is 0.497. The van der Waals surface area contributed by atoms with Crippen LogP contribution >= 0.6 is 24.0 Å². The summed E-state index contributed by atoms with van der Waals surface area (Å²) in [4.78, 5) is 16.0. The summed E-state index contributed by atoms with van der Waals surface area (Å²) in [6.07, 6.45) is 3.61. The zero-order valence-corrected chi connectivity index (χ0v) is 12.0. The van der Waals surface area contributed by atoms with Gasteiger partial charge >= 0.3 is 0 Å². The smallest absolute Gasteiger partial charge is 0.285 e. The molecule has 2 aromatic rings. The van der Waals surface area contributed by atoms with E-state index >= 15 is 0 Å². The monoisotopic (exact) mass is 301 g/mol. The molecule has 1 aromatic carbocycles. The van der Waals surface area contributed by atoms with E-state index in [1.807, 2.05) is 48.7 Å². The van der Waals surface area contributed by atoms with Crippen LogP contribution in [-0.4, -0.2) is 20.2 Å². The molecule has 20 heavy (non-hydrogen) atoms. The van der Waals surface area contributed by atoms with Crippen LogP contribution in [0.25, 0.3) is 6.08 Å². The number of amides is 1. The van der Waals surface area contributed by atoms with Gasteiger partial charge in [-0.05, 0) is 42.6 Å². The van der Waals surface area contributed by atoms with Crippen LogP contribution in [0.1, 0.15) is 5.69 Å². The summed E-state index contributed by atoms with van der Waals surface area (Å²) in [6.45, 7) is 0. The molecule has 4 nitrogen and oxygen atoms in total. The second-order valence-corrected chi connectivity index (χ2v) is 5.80. The van der Waals surface area contributed by atoms with Crippen molar-refractivity contribution in [3.8, 4) is 0 Å². The van der Waals surface area contributed by atoms with Crippen molar-refractivity contribution in [2.75, 3.05) is 5.43 Å². The van der Waals surface area contributed by atoms with Crippen molar-refractivity contribution >= 4 is 46.0 Å². The van der Waals surface area contributed by atoms with Gasteiger partial charge < -0.3 is 4.98 Å². The maximum absolute atomic E-state index is 12.3. The summed E-state index contributed by atoms with van der Waals surface area (Å²) in [7, 11) is 0. The first-order chi connectivity index (χ1) is 9.74. The number of benzene rings is 1. The molecule has 0 saturated carbocycles. The van der Waals surface area contributed by atoms with Gasteiger partial charge in [-0.3, -0.25) is 10.2 Å². The minimum absolute atomic E-state index is 0.140. The molecule has 0 atom stereocenters. The molecule has 1 amide bonds. The summed E-state index contributed by atoms with van der Waals surface area (Å²) in [5.41, 5.74) is 4.72. The fourth-order valence-corrected chi connectivity index (χ4v) is 2.95. The first kappa shape index (κ1) is 13.0. The molecule has 2 N–H and O–H groups in total. The Bertz CT molecular complexity index is 665. The third kappa shape index (κ3) is 2.61.